The fraction of sp³-hybridized carbons (Fsp3) is 0.0476. The first-order chi connectivity index (χ1) is 10.1. The van der Waals surface area contributed by atoms with Gasteiger partial charge in [0.1, 0.15) is 0 Å². The summed E-state index contributed by atoms with van der Waals surface area (Å²) in [5, 5.41) is 0. The molecule has 0 N–H and O–H groups in total. The van der Waals surface area contributed by atoms with Gasteiger partial charge in [-0.2, -0.15) is 0 Å². The van der Waals surface area contributed by atoms with Crippen molar-refractivity contribution in [3.63, 3.8) is 0 Å². The molecule has 1 aromatic carbocycles. The highest BCUT2D eigenvalue weighted by atomic mass is 14.1. The zero-order chi connectivity index (χ0) is 15.8. The van der Waals surface area contributed by atoms with Crippen LogP contribution in [0.5, 0.6) is 0 Å². The minimum Gasteiger partial charge on any atom is -0.0985 e. The van der Waals surface area contributed by atoms with Crippen LogP contribution in [0.15, 0.2) is 86.5 Å². The van der Waals surface area contributed by atoms with Gasteiger partial charge < -0.3 is 0 Å². The quantitative estimate of drug-likeness (QED) is 0.517. The lowest BCUT2D eigenvalue weighted by Gasteiger charge is -2.14. The van der Waals surface area contributed by atoms with Crippen LogP contribution in [-0.2, 0) is 0 Å². The monoisotopic (exact) mass is 274 g/mol. The zero-order valence-electron chi connectivity index (χ0n) is 12.7. The summed E-state index contributed by atoms with van der Waals surface area (Å²) in [6, 6.07) is 6.13. The van der Waals surface area contributed by atoms with Crippen molar-refractivity contribution >= 4 is 17.7 Å². The van der Waals surface area contributed by atoms with Gasteiger partial charge in [0.25, 0.3) is 0 Å². The molecule has 0 saturated carbocycles. The number of hydrogen-bond donors (Lipinski definition) is 0. The maximum atomic E-state index is 4.02. The number of allylic oxidation sites excluding steroid dienone is 7. The molecule has 106 valence electrons. The maximum Gasteiger partial charge on any atom is -0.00995 e. The van der Waals surface area contributed by atoms with Crippen LogP contribution >= 0.6 is 0 Å². The Morgan fingerprint density at radius 3 is 2.19 bits per heavy atom. The van der Waals surface area contributed by atoms with Gasteiger partial charge in [-0.1, -0.05) is 87.5 Å². The summed E-state index contributed by atoms with van der Waals surface area (Å²) in [4.78, 5) is 0. The highest BCUT2D eigenvalue weighted by Crippen LogP contribution is 2.30. The molecule has 0 unspecified atom stereocenters. The molecule has 0 amide bonds. The SMILES string of the molecule is C=CC(=C)/C(C=C)=C(\C=C)c1cccc(C=C)c1/C=C\C. The predicted octanol–water partition coefficient (Wildman–Crippen LogP) is 6.23. The van der Waals surface area contributed by atoms with E-state index in [0.717, 1.165) is 33.4 Å². The minimum absolute atomic E-state index is 0.829. The zero-order valence-corrected chi connectivity index (χ0v) is 12.7. The van der Waals surface area contributed by atoms with Gasteiger partial charge >= 0.3 is 0 Å². The van der Waals surface area contributed by atoms with Gasteiger partial charge in [-0.3, -0.25) is 0 Å². The second-order valence-electron chi connectivity index (χ2n) is 4.48. The number of rotatable bonds is 7. The molecule has 1 rings (SSSR count). The Morgan fingerprint density at radius 1 is 1.00 bits per heavy atom. The first-order valence-corrected chi connectivity index (χ1v) is 6.83. The topological polar surface area (TPSA) is 0 Å². The third-order valence-corrected chi connectivity index (χ3v) is 3.27. The Hall–Kier alpha value is -2.60. The summed E-state index contributed by atoms with van der Waals surface area (Å²) in [5.41, 5.74) is 6.03. The Balaban J connectivity index is 3.77. The standard InChI is InChI=1S/C21H22/c1-7-13-20-17(9-3)14-12-15-21(20)19(11-5)18(10-4)16(6)8-2/h7-15H,2-6H2,1H3/b13-7-,19-18+. The second-order valence-corrected chi connectivity index (χ2v) is 4.48. The molecular weight excluding hydrogens is 252 g/mol. The summed E-state index contributed by atoms with van der Waals surface area (Å²) < 4.78 is 0. The van der Waals surface area contributed by atoms with Gasteiger partial charge in [0.2, 0.25) is 0 Å². The van der Waals surface area contributed by atoms with Crippen LogP contribution < -0.4 is 0 Å². The third kappa shape index (κ3) is 3.49. The van der Waals surface area contributed by atoms with E-state index in [1.807, 2.05) is 37.3 Å². The molecule has 0 spiro atoms. The van der Waals surface area contributed by atoms with Gasteiger partial charge in [-0.15, -0.1) is 0 Å². The molecule has 0 heteroatoms. The molecule has 0 aliphatic rings. The van der Waals surface area contributed by atoms with Gasteiger partial charge in [-0.05, 0) is 40.3 Å². The molecule has 0 aromatic heterocycles. The summed E-state index contributed by atoms with van der Waals surface area (Å²) in [6.07, 6.45) is 11.3. The van der Waals surface area contributed by atoms with Gasteiger partial charge in [0.05, 0.1) is 0 Å². The Kier molecular flexibility index (Phi) is 6.16. The summed E-state index contributed by atoms with van der Waals surface area (Å²) in [7, 11) is 0. The molecule has 0 fully saturated rings. The van der Waals surface area contributed by atoms with E-state index in [-0.39, 0.29) is 0 Å². The van der Waals surface area contributed by atoms with Crippen molar-refractivity contribution in [3.8, 4) is 0 Å². The molecule has 21 heavy (non-hydrogen) atoms. The van der Waals surface area contributed by atoms with Crippen LogP contribution in [0.1, 0.15) is 23.6 Å². The lowest BCUT2D eigenvalue weighted by Crippen LogP contribution is -1.94. The molecule has 0 atom stereocenters. The summed E-state index contributed by atoms with van der Waals surface area (Å²) in [5.74, 6) is 0. The second kappa shape index (κ2) is 7.86. The van der Waals surface area contributed by atoms with E-state index in [2.05, 4.69) is 45.0 Å². The smallest absolute Gasteiger partial charge is 0.00995 e. The van der Waals surface area contributed by atoms with Crippen LogP contribution in [-0.4, -0.2) is 0 Å². The predicted molar refractivity (Wildman–Crippen MR) is 97.9 cm³/mol. The minimum atomic E-state index is 0.829. The molecule has 0 aliphatic carbocycles. The summed E-state index contributed by atoms with van der Waals surface area (Å²) >= 11 is 0. The molecule has 0 aliphatic heterocycles. The van der Waals surface area contributed by atoms with Crippen molar-refractivity contribution in [3.05, 3.63) is 103 Å². The summed E-state index contributed by atoms with van der Waals surface area (Å²) in [6.45, 7) is 21.5. The van der Waals surface area contributed by atoms with E-state index in [1.165, 1.54) is 0 Å². The van der Waals surface area contributed by atoms with E-state index in [1.54, 1.807) is 12.2 Å². The largest absolute Gasteiger partial charge is 0.0985 e. The van der Waals surface area contributed by atoms with E-state index in [9.17, 15) is 0 Å². The highest BCUT2D eigenvalue weighted by Gasteiger charge is 2.10. The Labute approximate surface area is 128 Å². The molecule has 0 radical (unpaired) electrons. The van der Waals surface area contributed by atoms with Gasteiger partial charge in [0, 0.05) is 0 Å². The van der Waals surface area contributed by atoms with Crippen molar-refractivity contribution in [2.75, 3.05) is 0 Å². The molecule has 0 saturated heterocycles. The molecular formula is C21H22. The Bertz CT molecular complexity index is 649. The van der Waals surface area contributed by atoms with Gasteiger partial charge in [0.15, 0.2) is 0 Å². The first-order valence-electron chi connectivity index (χ1n) is 6.83. The van der Waals surface area contributed by atoms with Crippen LogP contribution in [0, 0.1) is 0 Å². The van der Waals surface area contributed by atoms with Crippen molar-refractivity contribution in [1.82, 2.24) is 0 Å². The average Bonchev–Trinajstić information content (AvgIpc) is 2.52. The molecule has 1 aromatic rings. The maximum absolute atomic E-state index is 4.02. The average molecular weight is 274 g/mol. The van der Waals surface area contributed by atoms with Gasteiger partial charge in [-0.25, -0.2) is 0 Å². The highest BCUT2D eigenvalue weighted by molar-refractivity contribution is 5.88. The van der Waals surface area contributed by atoms with E-state index >= 15 is 0 Å². The molecule has 0 heterocycles. The van der Waals surface area contributed by atoms with Crippen molar-refractivity contribution in [1.29, 1.82) is 0 Å². The van der Waals surface area contributed by atoms with Crippen LogP contribution in [0.3, 0.4) is 0 Å². The van der Waals surface area contributed by atoms with E-state index < -0.39 is 0 Å². The van der Waals surface area contributed by atoms with Crippen LogP contribution in [0.25, 0.3) is 17.7 Å². The van der Waals surface area contributed by atoms with Crippen molar-refractivity contribution < 1.29 is 0 Å². The van der Waals surface area contributed by atoms with E-state index in [0.29, 0.717) is 0 Å². The molecule has 0 bridgehead atoms. The fourth-order valence-electron chi connectivity index (χ4n) is 2.24. The number of benzene rings is 1. The lowest BCUT2D eigenvalue weighted by molar-refractivity contribution is 1.50. The van der Waals surface area contributed by atoms with Crippen LogP contribution in [0.4, 0.5) is 0 Å². The fourth-order valence-corrected chi connectivity index (χ4v) is 2.24. The normalized spacial score (nSPS) is 11.7. The Morgan fingerprint density at radius 2 is 1.71 bits per heavy atom. The van der Waals surface area contributed by atoms with Crippen LogP contribution in [0.2, 0.25) is 0 Å². The molecule has 0 nitrogen and oxygen atoms in total. The lowest BCUT2D eigenvalue weighted by atomic mass is 9.89. The number of hydrogen-bond acceptors (Lipinski definition) is 0. The third-order valence-electron chi connectivity index (χ3n) is 3.27. The van der Waals surface area contributed by atoms with Crippen molar-refractivity contribution in [2.24, 2.45) is 0 Å². The first kappa shape index (κ1) is 16.5. The van der Waals surface area contributed by atoms with Crippen molar-refractivity contribution in [2.45, 2.75) is 6.92 Å². The van der Waals surface area contributed by atoms with E-state index in [4.69, 9.17) is 0 Å².